The summed E-state index contributed by atoms with van der Waals surface area (Å²) in [4.78, 5) is 28.1. The zero-order valence-corrected chi connectivity index (χ0v) is 19.5. The lowest BCUT2D eigenvalue weighted by Crippen LogP contribution is -2.39. The van der Waals surface area contributed by atoms with Gasteiger partial charge in [-0.3, -0.25) is 9.59 Å². The number of carbonyl (C=O) groups excluding carboxylic acids is 2. The maximum atomic E-state index is 13.4. The van der Waals surface area contributed by atoms with E-state index < -0.39 is 0 Å². The van der Waals surface area contributed by atoms with Crippen molar-refractivity contribution in [2.45, 2.75) is 19.5 Å². The van der Waals surface area contributed by atoms with Crippen molar-refractivity contribution in [3.8, 4) is 5.75 Å². The summed E-state index contributed by atoms with van der Waals surface area (Å²) in [7, 11) is 3.66. The Morgan fingerprint density at radius 1 is 1.00 bits per heavy atom. The second-order valence-corrected chi connectivity index (χ2v) is 8.62. The van der Waals surface area contributed by atoms with Gasteiger partial charge in [-0.2, -0.15) is 0 Å². The van der Waals surface area contributed by atoms with Crippen molar-refractivity contribution in [3.05, 3.63) is 101 Å². The highest BCUT2D eigenvalue weighted by Crippen LogP contribution is 2.43. The van der Waals surface area contributed by atoms with Crippen LogP contribution in [0, 0.1) is 6.92 Å². The predicted octanol–water partition coefficient (Wildman–Crippen LogP) is 4.36. The van der Waals surface area contributed by atoms with Gasteiger partial charge in [0.05, 0.1) is 13.2 Å². The molecule has 0 bridgehead atoms. The fourth-order valence-electron chi connectivity index (χ4n) is 4.89. The highest BCUT2D eigenvalue weighted by Gasteiger charge is 2.40. The molecule has 1 aromatic heterocycles. The van der Waals surface area contributed by atoms with Crippen LogP contribution in [0.4, 0.5) is 0 Å². The van der Waals surface area contributed by atoms with Crippen molar-refractivity contribution < 1.29 is 14.3 Å². The molecule has 0 saturated carbocycles. The first-order valence-electron chi connectivity index (χ1n) is 11.3. The molecule has 0 unspecified atom stereocenters. The van der Waals surface area contributed by atoms with Crippen LogP contribution in [-0.2, 0) is 18.4 Å². The number of rotatable bonds is 6. The molecule has 0 fully saturated rings. The van der Waals surface area contributed by atoms with Crippen molar-refractivity contribution in [1.29, 1.82) is 0 Å². The largest absolute Gasteiger partial charge is 0.497 e. The molecule has 1 atom stereocenters. The number of aromatic nitrogens is 1. The Kier molecular flexibility index (Phi) is 5.57. The minimum atomic E-state index is -0.318. The molecule has 3 aromatic carbocycles. The van der Waals surface area contributed by atoms with Gasteiger partial charge in [0, 0.05) is 41.3 Å². The first kappa shape index (κ1) is 21.8. The summed E-state index contributed by atoms with van der Waals surface area (Å²) >= 11 is 0. The highest BCUT2D eigenvalue weighted by molar-refractivity contribution is 6.02. The third-order valence-corrected chi connectivity index (χ3v) is 6.74. The summed E-state index contributed by atoms with van der Waals surface area (Å²) in [6, 6.07) is 23.1. The lowest BCUT2D eigenvalue weighted by molar-refractivity contribution is -0.122. The smallest absolute Gasteiger partial charge is 0.255 e. The number of nitrogens with one attached hydrogen (secondary N) is 1. The molecule has 0 spiro atoms. The summed E-state index contributed by atoms with van der Waals surface area (Å²) in [5.74, 6) is 0.455. The first-order chi connectivity index (χ1) is 16.5. The van der Waals surface area contributed by atoms with Crippen LogP contribution in [0.25, 0.3) is 10.9 Å². The molecular weight excluding hydrogens is 426 g/mol. The number of methoxy groups -OCH3 is 1. The summed E-state index contributed by atoms with van der Waals surface area (Å²) in [5.41, 5.74) is 5.82. The number of nitrogens with zero attached hydrogens (tertiary/aromatic N) is 2. The van der Waals surface area contributed by atoms with E-state index in [-0.39, 0.29) is 24.4 Å². The van der Waals surface area contributed by atoms with Crippen molar-refractivity contribution in [2.24, 2.45) is 7.05 Å². The zero-order chi connectivity index (χ0) is 23.8. The van der Waals surface area contributed by atoms with Crippen molar-refractivity contribution in [3.63, 3.8) is 0 Å². The summed E-state index contributed by atoms with van der Waals surface area (Å²) in [6.07, 6.45) is 0. The average molecular weight is 454 g/mol. The molecule has 1 N–H and O–H groups in total. The topological polar surface area (TPSA) is 63.6 Å². The van der Waals surface area contributed by atoms with E-state index in [0.29, 0.717) is 12.1 Å². The quantitative estimate of drug-likeness (QED) is 0.472. The normalized spacial score (nSPS) is 15.0. The van der Waals surface area contributed by atoms with Gasteiger partial charge >= 0.3 is 0 Å². The van der Waals surface area contributed by atoms with E-state index in [0.717, 1.165) is 39.0 Å². The Morgan fingerprint density at radius 2 is 1.71 bits per heavy atom. The summed E-state index contributed by atoms with van der Waals surface area (Å²) in [5, 5.41) is 4.06. The average Bonchev–Trinajstić information content (AvgIpc) is 3.28. The second kappa shape index (κ2) is 8.71. The van der Waals surface area contributed by atoms with Crippen molar-refractivity contribution in [2.75, 3.05) is 13.7 Å². The summed E-state index contributed by atoms with van der Waals surface area (Å²) in [6.45, 7) is 2.44. The lowest BCUT2D eigenvalue weighted by atomic mass is 9.95. The lowest BCUT2D eigenvalue weighted by Gasteiger charge is -2.26. The minimum absolute atomic E-state index is 0.0169. The van der Waals surface area contributed by atoms with Gasteiger partial charge in [0.25, 0.3) is 5.91 Å². The van der Waals surface area contributed by atoms with Crippen LogP contribution in [0.3, 0.4) is 0 Å². The first-order valence-corrected chi connectivity index (χ1v) is 11.3. The van der Waals surface area contributed by atoms with Crippen LogP contribution in [0.1, 0.15) is 38.8 Å². The number of carbonyl (C=O) groups is 2. The molecule has 172 valence electrons. The van der Waals surface area contributed by atoms with Crippen LogP contribution in [-0.4, -0.2) is 34.9 Å². The van der Waals surface area contributed by atoms with Gasteiger partial charge in [-0.25, -0.2) is 0 Å². The molecule has 4 aromatic rings. The number of ether oxygens (including phenoxy) is 1. The van der Waals surface area contributed by atoms with Gasteiger partial charge in [0.2, 0.25) is 5.91 Å². The maximum absolute atomic E-state index is 13.4. The molecule has 6 nitrogen and oxygen atoms in total. The number of hydrogen-bond acceptors (Lipinski definition) is 3. The van der Waals surface area contributed by atoms with Gasteiger partial charge < -0.3 is 19.5 Å². The number of fused-ring (bicyclic) bond motifs is 2. The minimum Gasteiger partial charge on any atom is -0.497 e. The standard InChI is InChI=1S/C28H27N3O3/c1-18-26(23-10-6-7-11-24(23)30(18)2)27-21-8-4-5-9-22(21)28(33)31(27)17-25(32)29-16-19-12-14-20(34-3)15-13-19/h4-15,27H,16-17H2,1-3H3,(H,29,32)/t27-/m1/s1. The molecule has 6 heteroatoms. The van der Waals surface area contributed by atoms with Crippen LogP contribution >= 0.6 is 0 Å². The number of amides is 2. The number of benzene rings is 3. The SMILES string of the molecule is COc1ccc(CNC(=O)CN2C(=O)c3ccccc3[C@@H]2c2c(C)n(C)c3ccccc23)cc1. The Morgan fingerprint density at radius 3 is 2.47 bits per heavy atom. The van der Waals surface area contributed by atoms with E-state index in [2.05, 4.69) is 28.9 Å². The predicted molar refractivity (Wildman–Crippen MR) is 132 cm³/mol. The molecule has 1 aliphatic heterocycles. The van der Waals surface area contributed by atoms with Gasteiger partial charge in [-0.1, -0.05) is 48.5 Å². The molecule has 0 saturated heterocycles. The number of para-hydroxylation sites is 1. The Hall–Kier alpha value is -4.06. The van der Waals surface area contributed by atoms with Gasteiger partial charge in [-0.15, -0.1) is 0 Å². The van der Waals surface area contributed by atoms with E-state index in [1.165, 1.54) is 0 Å². The van der Waals surface area contributed by atoms with Crippen LogP contribution in [0.2, 0.25) is 0 Å². The molecule has 1 aliphatic rings. The third-order valence-electron chi connectivity index (χ3n) is 6.74. The number of aryl methyl sites for hydroxylation is 1. The Labute approximate surface area is 198 Å². The monoisotopic (exact) mass is 453 g/mol. The molecular formula is C28H27N3O3. The van der Waals surface area contributed by atoms with E-state index >= 15 is 0 Å². The van der Waals surface area contributed by atoms with E-state index in [9.17, 15) is 9.59 Å². The second-order valence-electron chi connectivity index (χ2n) is 8.62. The van der Waals surface area contributed by atoms with Crippen LogP contribution < -0.4 is 10.1 Å². The molecule has 5 rings (SSSR count). The number of hydrogen-bond donors (Lipinski definition) is 1. The van der Waals surface area contributed by atoms with Crippen molar-refractivity contribution >= 4 is 22.7 Å². The molecule has 2 amide bonds. The van der Waals surface area contributed by atoms with Crippen LogP contribution in [0.5, 0.6) is 5.75 Å². The Bertz CT molecular complexity index is 1390. The van der Waals surface area contributed by atoms with Gasteiger partial charge in [-0.05, 0) is 42.3 Å². The van der Waals surface area contributed by atoms with Crippen molar-refractivity contribution in [1.82, 2.24) is 14.8 Å². The van der Waals surface area contributed by atoms with E-state index in [4.69, 9.17) is 4.74 Å². The molecule has 34 heavy (non-hydrogen) atoms. The zero-order valence-electron chi connectivity index (χ0n) is 19.5. The molecule has 0 radical (unpaired) electrons. The molecule has 0 aliphatic carbocycles. The van der Waals surface area contributed by atoms with Crippen LogP contribution in [0.15, 0.2) is 72.8 Å². The fraction of sp³-hybridized carbons (Fsp3) is 0.214. The highest BCUT2D eigenvalue weighted by atomic mass is 16.5. The Balaban J connectivity index is 1.46. The van der Waals surface area contributed by atoms with E-state index in [1.807, 2.05) is 67.7 Å². The van der Waals surface area contributed by atoms with Gasteiger partial charge in [0.15, 0.2) is 0 Å². The van der Waals surface area contributed by atoms with Gasteiger partial charge in [0.1, 0.15) is 12.3 Å². The third kappa shape index (κ3) is 3.61. The summed E-state index contributed by atoms with van der Waals surface area (Å²) < 4.78 is 7.34. The maximum Gasteiger partial charge on any atom is 0.255 e. The van der Waals surface area contributed by atoms with E-state index in [1.54, 1.807) is 12.0 Å². The fourth-order valence-corrected chi connectivity index (χ4v) is 4.89. The molecule has 2 heterocycles.